The summed E-state index contributed by atoms with van der Waals surface area (Å²) in [6, 6.07) is 8.31. The van der Waals surface area contributed by atoms with Crippen LogP contribution in [0.4, 0.5) is 13.2 Å². The van der Waals surface area contributed by atoms with Crippen molar-refractivity contribution in [1.29, 1.82) is 0 Å². The molecular formula is C15H8BrF3N2O2. The van der Waals surface area contributed by atoms with Gasteiger partial charge in [-0.25, -0.2) is 0 Å². The van der Waals surface area contributed by atoms with Gasteiger partial charge < -0.3 is 4.74 Å². The molecule has 0 atom stereocenters. The fraction of sp³-hybridized carbons (Fsp3) is 0.0667. The number of halogens is 4. The molecule has 0 aliphatic heterocycles. The highest BCUT2D eigenvalue weighted by atomic mass is 79.9. The molecular weight excluding hydrogens is 377 g/mol. The second-order valence-electron chi connectivity index (χ2n) is 4.59. The molecule has 0 aliphatic carbocycles. The first kappa shape index (κ1) is 15.5. The predicted molar refractivity (Wildman–Crippen MR) is 81.7 cm³/mol. The molecule has 1 aromatic carbocycles. The first-order valence-corrected chi connectivity index (χ1v) is 7.16. The Morgan fingerprint density at radius 3 is 2.48 bits per heavy atom. The molecule has 3 aromatic rings. The lowest BCUT2D eigenvalue weighted by molar-refractivity contribution is -0.274. The molecule has 0 spiro atoms. The van der Waals surface area contributed by atoms with Crippen molar-refractivity contribution in [2.75, 3.05) is 0 Å². The van der Waals surface area contributed by atoms with Crippen LogP contribution in [0.15, 0.2) is 58.1 Å². The number of hydrogen-bond donors (Lipinski definition) is 0. The number of rotatable bonds is 2. The molecule has 0 radical (unpaired) electrons. The maximum absolute atomic E-state index is 12.5. The van der Waals surface area contributed by atoms with Crippen molar-refractivity contribution >= 4 is 26.8 Å². The number of ether oxygens (including phenoxy) is 1. The summed E-state index contributed by atoms with van der Waals surface area (Å²) in [4.78, 5) is 16.6. The normalized spacial score (nSPS) is 11.7. The van der Waals surface area contributed by atoms with Crippen LogP contribution in [-0.4, -0.2) is 15.9 Å². The Kier molecular flexibility index (Phi) is 3.85. The Balaban J connectivity index is 2.07. The van der Waals surface area contributed by atoms with E-state index in [4.69, 9.17) is 0 Å². The van der Waals surface area contributed by atoms with Gasteiger partial charge in [0, 0.05) is 18.1 Å². The van der Waals surface area contributed by atoms with Gasteiger partial charge in [-0.05, 0) is 52.3 Å². The molecule has 2 aromatic heterocycles. The average molecular weight is 385 g/mol. The first-order valence-electron chi connectivity index (χ1n) is 6.37. The van der Waals surface area contributed by atoms with E-state index in [1.165, 1.54) is 22.9 Å². The van der Waals surface area contributed by atoms with Crippen molar-refractivity contribution in [3.63, 3.8) is 0 Å². The van der Waals surface area contributed by atoms with E-state index in [0.29, 0.717) is 21.1 Å². The lowest BCUT2D eigenvalue weighted by atomic mass is 10.2. The second-order valence-corrected chi connectivity index (χ2v) is 5.45. The Bertz CT molecular complexity index is 921. The van der Waals surface area contributed by atoms with E-state index in [0.717, 1.165) is 12.1 Å². The van der Waals surface area contributed by atoms with Crippen molar-refractivity contribution in [2.45, 2.75) is 6.36 Å². The average Bonchev–Trinajstić information content (AvgIpc) is 2.50. The molecule has 3 rings (SSSR count). The molecule has 0 fully saturated rings. The SMILES string of the molecule is O=c1c2cccnc2c(Br)cn1-c1ccc(OC(F)(F)F)cc1. The Morgan fingerprint density at radius 2 is 1.83 bits per heavy atom. The molecule has 4 nitrogen and oxygen atoms in total. The molecule has 0 bridgehead atoms. The van der Waals surface area contributed by atoms with Crippen LogP contribution in [0.1, 0.15) is 0 Å². The van der Waals surface area contributed by atoms with Crippen LogP contribution < -0.4 is 10.3 Å². The molecule has 0 unspecified atom stereocenters. The zero-order valence-electron chi connectivity index (χ0n) is 11.3. The van der Waals surface area contributed by atoms with Gasteiger partial charge in [-0.3, -0.25) is 14.3 Å². The molecule has 2 heterocycles. The second kappa shape index (κ2) is 5.69. The number of alkyl halides is 3. The highest BCUT2D eigenvalue weighted by Crippen LogP contribution is 2.24. The smallest absolute Gasteiger partial charge is 0.406 e. The maximum Gasteiger partial charge on any atom is 0.573 e. The van der Waals surface area contributed by atoms with Crippen molar-refractivity contribution in [3.8, 4) is 11.4 Å². The van der Waals surface area contributed by atoms with Crippen LogP contribution in [-0.2, 0) is 0 Å². The van der Waals surface area contributed by atoms with Gasteiger partial charge in [-0.1, -0.05) is 0 Å². The molecule has 0 saturated carbocycles. The van der Waals surface area contributed by atoms with E-state index < -0.39 is 6.36 Å². The Labute approximate surface area is 136 Å². The molecule has 23 heavy (non-hydrogen) atoms. The zero-order valence-corrected chi connectivity index (χ0v) is 12.9. The molecule has 0 saturated heterocycles. The number of hydrogen-bond acceptors (Lipinski definition) is 3. The third-order valence-electron chi connectivity index (χ3n) is 3.07. The third kappa shape index (κ3) is 3.21. The summed E-state index contributed by atoms with van der Waals surface area (Å²) in [5, 5.41) is 0.400. The van der Waals surface area contributed by atoms with Crippen LogP contribution in [0.5, 0.6) is 5.75 Å². The zero-order chi connectivity index (χ0) is 16.6. The fourth-order valence-electron chi connectivity index (χ4n) is 2.13. The Morgan fingerprint density at radius 1 is 1.13 bits per heavy atom. The summed E-state index contributed by atoms with van der Waals surface area (Å²) >= 11 is 3.34. The van der Waals surface area contributed by atoms with Crippen molar-refractivity contribution < 1.29 is 17.9 Å². The van der Waals surface area contributed by atoms with Crippen molar-refractivity contribution in [1.82, 2.24) is 9.55 Å². The van der Waals surface area contributed by atoms with E-state index in [9.17, 15) is 18.0 Å². The van der Waals surface area contributed by atoms with Crippen LogP contribution in [0.3, 0.4) is 0 Å². The lowest BCUT2D eigenvalue weighted by Crippen LogP contribution is -2.19. The molecule has 0 amide bonds. The number of nitrogens with zero attached hydrogens (tertiary/aromatic N) is 2. The number of fused-ring (bicyclic) bond motifs is 1. The largest absolute Gasteiger partial charge is 0.573 e. The quantitative estimate of drug-likeness (QED) is 0.669. The lowest BCUT2D eigenvalue weighted by Gasteiger charge is -2.11. The minimum Gasteiger partial charge on any atom is -0.406 e. The van der Waals surface area contributed by atoms with E-state index in [1.54, 1.807) is 18.3 Å². The summed E-state index contributed by atoms with van der Waals surface area (Å²) < 4.78 is 42.2. The van der Waals surface area contributed by atoms with Gasteiger partial charge in [0.1, 0.15) is 5.75 Å². The van der Waals surface area contributed by atoms with Crippen LogP contribution in [0.25, 0.3) is 16.6 Å². The first-order chi connectivity index (χ1) is 10.8. The van der Waals surface area contributed by atoms with E-state index in [1.807, 2.05) is 0 Å². The summed E-state index contributed by atoms with van der Waals surface area (Å²) in [7, 11) is 0. The minimum absolute atomic E-state index is 0.319. The predicted octanol–water partition coefficient (Wildman–Crippen LogP) is 4.05. The summed E-state index contributed by atoms with van der Waals surface area (Å²) in [6.07, 6.45) is -1.66. The van der Waals surface area contributed by atoms with E-state index in [2.05, 4.69) is 25.7 Å². The highest BCUT2D eigenvalue weighted by molar-refractivity contribution is 9.10. The van der Waals surface area contributed by atoms with Gasteiger partial charge in [0.05, 0.1) is 15.4 Å². The van der Waals surface area contributed by atoms with Crippen molar-refractivity contribution in [2.24, 2.45) is 0 Å². The van der Waals surface area contributed by atoms with Crippen LogP contribution >= 0.6 is 15.9 Å². The highest BCUT2D eigenvalue weighted by Gasteiger charge is 2.31. The summed E-state index contributed by atoms with van der Waals surface area (Å²) in [6.45, 7) is 0. The van der Waals surface area contributed by atoms with Gasteiger partial charge in [0.25, 0.3) is 5.56 Å². The van der Waals surface area contributed by atoms with Gasteiger partial charge in [-0.2, -0.15) is 0 Å². The van der Waals surface area contributed by atoms with Gasteiger partial charge in [0.2, 0.25) is 0 Å². The standard InChI is InChI=1S/C15H8BrF3N2O2/c16-12-8-21(14(22)11-2-1-7-20-13(11)12)9-3-5-10(6-4-9)23-15(17,18)19/h1-8H. The number of pyridine rings is 2. The van der Waals surface area contributed by atoms with Gasteiger partial charge >= 0.3 is 6.36 Å². The Hall–Kier alpha value is -2.35. The maximum atomic E-state index is 12.5. The minimum atomic E-state index is -4.75. The van der Waals surface area contributed by atoms with Gasteiger partial charge in [-0.15, -0.1) is 13.2 Å². The number of aromatic nitrogens is 2. The van der Waals surface area contributed by atoms with Crippen molar-refractivity contribution in [3.05, 3.63) is 63.6 Å². The number of benzene rings is 1. The van der Waals surface area contributed by atoms with E-state index >= 15 is 0 Å². The van der Waals surface area contributed by atoms with Crippen LogP contribution in [0.2, 0.25) is 0 Å². The molecule has 8 heteroatoms. The molecule has 0 aliphatic rings. The third-order valence-corrected chi connectivity index (χ3v) is 3.65. The fourth-order valence-corrected chi connectivity index (χ4v) is 2.65. The van der Waals surface area contributed by atoms with Gasteiger partial charge in [0.15, 0.2) is 0 Å². The molecule has 118 valence electrons. The van der Waals surface area contributed by atoms with Crippen LogP contribution in [0, 0.1) is 0 Å². The van der Waals surface area contributed by atoms with E-state index in [-0.39, 0.29) is 11.3 Å². The summed E-state index contributed by atoms with van der Waals surface area (Å²) in [5.41, 5.74) is 0.613. The monoisotopic (exact) mass is 384 g/mol. The molecule has 0 N–H and O–H groups in total. The summed E-state index contributed by atoms with van der Waals surface area (Å²) in [5.74, 6) is -0.351. The topological polar surface area (TPSA) is 44.1 Å².